The van der Waals surface area contributed by atoms with Crippen LogP contribution in [0.5, 0.6) is 0 Å². The number of benzene rings is 1. The van der Waals surface area contributed by atoms with Crippen LogP contribution < -0.4 is 10.2 Å². The van der Waals surface area contributed by atoms with Gasteiger partial charge >= 0.3 is 11.9 Å². The average molecular weight is 497 g/mol. The summed E-state index contributed by atoms with van der Waals surface area (Å²) < 4.78 is 32.9. The van der Waals surface area contributed by atoms with E-state index in [4.69, 9.17) is 9.57 Å². The van der Waals surface area contributed by atoms with Crippen LogP contribution in [0, 0.1) is 23.7 Å². The number of rotatable bonds is 10. The Morgan fingerprint density at radius 2 is 1.64 bits per heavy atom. The maximum Gasteiger partial charge on any atom is 0.367 e. The lowest BCUT2D eigenvalue weighted by Crippen LogP contribution is -2.59. The zero-order valence-electron chi connectivity index (χ0n) is 18.7. The first-order valence-electron chi connectivity index (χ1n) is 11.5. The van der Waals surface area contributed by atoms with Gasteiger partial charge in [-0.15, -0.1) is 5.48 Å². The van der Waals surface area contributed by atoms with E-state index in [1.54, 1.807) is 25.1 Å². The van der Waals surface area contributed by atoms with Crippen LogP contribution in [0.3, 0.4) is 0 Å². The fourth-order valence-corrected chi connectivity index (χ4v) is 7.03. The van der Waals surface area contributed by atoms with Crippen LogP contribution in [0.15, 0.2) is 35.2 Å². The second-order valence-corrected chi connectivity index (χ2v) is 12.0. The van der Waals surface area contributed by atoms with Gasteiger partial charge in [0.15, 0.2) is 0 Å². The molecule has 4 aliphatic rings. The van der Waals surface area contributed by atoms with E-state index in [1.807, 2.05) is 0 Å². The van der Waals surface area contributed by atoms with Crippen molar-refractivity contribution in [3.8, 4) is 0 Å². The summed E-state index contributed by atoms with van der Waals surface area (Å²) in [4.78, 5) is 30.8. The second-order valence-electron chi connectivity index (χ2n) is 9.90. The lowest BCUT2D eigenvalue weighted by Gasteiger charge is -2.56. The first kappa shape index (κ1) is 24.5. The van der Waals surface area contributed by atoms with E-state index in [2.05, 4.69) is 22.8 Å². The Morgan fingerprint density at radius 3 is 2.18 bits per heavy atom. The van der Waals surface area contributed by atoms with Crippen molar-refractivity contribution in [2.45, 2.75) is 62.0 Å². The first-order chi connectivity index (χ1) is 15.7. The summed E-state index contributed by atoms with van der Waals surface area (Å²) in [5.41, 5.74) is 2.78. The minimum Gasteiger partial charge on any atom is -0.449 e. The zero-order chi connectivity index (χ0) is 23.6. The average Bonchev–Trinajstić information content (AvgIpc) is 2.79. The van der Waals surface area contributed by atoms with E-state index in [9.17, 15) is 18.0 Å². The van der Waals surface area contributed by atoms with Crippen LogP contribution >= 0.6 is 12.6 Å². The molecule has 33 heavy (non-hydrogen) atoms. The van der Waals surface area contributed by atoms with E-state index in [0.717, 1.165) is 19.3 Å². The molecule has 0 aliphatic heterocycles. The summed E-state index contributed by atoms with van der Waals surface area (Å²) >= 11 is 4.10. The summed E-state index contributed by atoms with van der Waals surface area (Å²) in [6, 6.07) is 7.79. The van der Waals surface area contributed by atoms with Crippen molar-refractivity contribution < 1.29 is 27.6 Å². The fourth-order valence-electron chi connectivity index (χ4n) is 5.83. The molecule has 0 saturated heterocycles. The van der Waals surface area contributed by atoms with Crippen molar-refractivity contribution in [2.24, 2.45) is 23.7 Å². The molecule has 0 radical (unpaired) electrons. The number of carbonyl (C=O) groups excluding carboxylic acids is 2. The highest BCUT2D eigenvalue weighted by Crippen LogP contribution is 2.55. The van der Waals surface area contributed by atoms with Crippen LogP contribution in [0.1, 0.15) is 45.4 Å². The van der Waals surface area contributed by atoms with Gasteiger partial charge in [0.2, 0.25) is 16.1 Å². The van der Waals surface area contributed by atoms with Crippen molar-refractivity contribution in [1.82, 2.24) is 10.2 Å². The predicted octanol–water partition coefficient (Wildman–Crippen LogP) is 2.46. The van der Waals surface area contributed by atoms with E-state index >= 15 is 0 Å². The molecule has 4 saturated carbocycles. The Balaban J connectivity index is 1.41. The molecule has 4 bridgehead atoms. The molecule has 2 atom stereocenters. The lowest BCUT2D eigenvalue weighted by atomic mass is 9.53. The van der Waals surface area contributed by atoms with E-state index < -0.39 is 40.5 Å². The molecule has 0 aromatic heterocycles. The number of thiol groups is 1. The molecule has 0 amide bonds. The smallest absolute Gasteiger partial charge is 0.367 e. The molecule has 182 valence electrons. The molecule has 2 N–H and O–H groups in total. The molecule has 0 unspecified atom stereocenters. The summed E-state index contributed by atoms with van der Waals surface area (Å²) in [7, 11) is -3.89. The molecule has 4 aliphatic carbocycles. The Kier molecular flexibility index (Phi) is 7.38. The van der Waals surface area contributed by atoms with Crippen LogP contribution in [-0.4, -0.2) is 44.3 Å². The number of carbonyl (C=O) groups is 2. The second kappa shape index (κ2) is 9.93. The van der Waals surface area contributed by atoms with Crippen LogP contribution in [0.25, 0.3) is 0 Å². The van der Waals surface area contributed by atoms with Crippen LogP contribution in [0.4, 0.5) is 0 Å². The van der Waals surface area contributed by atoms with Gasteiger partial charge in [-0.1, -0.05) is 25.1 Å². The molecule has 5 rings (SSSR count). The molecule has 8 nitrogen and oxygen atoms in total. The van der Waals surface area contributed by atoms with Gasteiger partial charge in [0, 0.05) is 5.75 Å². The van der Waals surface area contributed by atoms with E-state index in [0.29, 0.717) is 17.8 Å². The van der Waals surface area contributed by atoms with E-state index in [-0.39, 0.29) is 16.2 Å². The van der Waals surface area contributed by atoms with Crippen molar-refractivity contribution >= 4 is 34.6 Å². The van der Waals surface area contributed by atoms with Crippen LogP contribution in [0.2, 0.25) is 0 Å². The quantitative estimate of drug-likeness (QED) is 0.259. The molecule has 1 aromatic carbocycles. The SMILES string of the molecule is C[C@H](CS)C(=O)O[C@@H](CNS(=O)(=O)c1ccccc1)C(=O)ONC12CC3CC(CC(C3)C1)C2. The Hall–Kier alpha value is -1.62. The highest BCUT2D eigenvalue weighted by molar-refractivity contribution is 7.89. The minimum absolute atomic E-state index is 0.0545. The Labute approximate surface area is 200 Å². The normalized spacial score (nSPS) is 29.9. The van der Waals surface area contributed by atoms with Crippen molar-refractivity contribution in [3.63, 3.8) is 0 Å². The van der Waals surface area contributed by atoms with Gasteiger partial charge < -0.3 is 9.57 Å². The van der Waals surface area contributed by atoms with E-state index in [1.165, 1.54) is 31.4 Å². The van der Waals surface area contributed by atoms with Gasteiger partial charge in [-0.3, -0.25) is 4.79 Å². The molecule has 1 aromatic rings. The van der Waals surface area contributed by atoms with Crippen molar-refractivity contribution in [3.05, 3.63) is 30.3 Å². The number of nitrogens with one attached hydrogen (secondary N) is 2. The summed E-state index contributed by atoms with van der Waals surface area (Å²) in [6.07, 6.45) is 5.23. The third-order valence-corrected chi connectivity index (χ3v) is 9.10. The standard InChI is InChI=1S/C23H32N2O6S2/c1-15(14-32)21(26)30-20(13-24-33(28,29)19-5-3-2-4-6-19)22(27)31-25-23-10-16-7-17(11-23)9-18(8-16)12-23/h2-6,15-18,20,24-25,32H,7-14H2,1H3/t15-,16?,17?,18?,20+,23?/m1/s1. The zero-order valence-corrected chi connectivity index (χ0v) is 20.4. The summed E-state index contributed by atoms with van der Waals surface area (Å²) in [5.74, 6) is 0.203. The summed E-state index contributed by atoms with van der Waals surface area (Å²) in [5, 5.41) is 0. The van der Waals surface area contributed by atoms with Gasteiger partial charge in [0.25, 0.3) is 0 Å². The van der Waals surface area contributed by atoms with Gasteiger partial charge in [-0.2, -0.15) is 12.6 Å². The monoisotopic (exact) mass is 496 g/mol. The molecular weight excluding hydrogens is 464 g/mol. The highest BCUT2D eigenvalue weighted by Gasteiger charge is 2.52. The third kappa shape index (κ3) is 5.72. The number of hydroxylamine groups is 1. The van der Waals surface area contributed by atoms with Gasteiger partial charge in [0.05, 0.1) is 22.9 Å². The third-order valence-electron chi connectivity index (χ3n) is 7.12. The molecule has 4 fully saturated rings. The molecule has 0 spiro atoms. The van der Waals surface area contributed by atoms with Gasteiger partial charge in [0.1, 0.15) is 0 Å². The van der Waals surface area contributed by atoms with Crippen LogP contribution in [-0.2, 0) is 29.2 Å². The Bertz CT molecular complexity index is 933. The Morgan fingerprint density at radius 1 is 1.06 bits per heavy atom. The minimum atomic E-state index is -3.89. The van der Waals surface area contributed by atoms with Crippen molar-refractivity contribution in [1.29, 1.82) is 0 Å². The lowest BCUT2D eigenvalue weighted by molar-refractivity contribution is -0.183. The maximum absolute atomic E-state index is 12.9. The number of esters is 1. The van der Waals surface area contributed by atoms with Gasteiger partial charge in [-0.05, 0) is 68.4 Å². The molecule has 10 heteroatoms. The summed E-state index contributed by atoms with van der Waals surface area (Å²) in [6.45, 7) is 1.20. The van der Waals surface area contributed by atoms with Crippen molar-refractivity contribution in [2.75, 3.05) is 12.3 Å². The predicted molar refractivity (Wildman–Crippen MR) is 125 cm³/mol. The number of sulfonamides is 1. The highest BCUT2D eigenvalue weighted by atomic mass is 32.2. The fraction of sp³-hybridized carbons (Fsp3) is 0.652. The number of hydrogen-bond donors (Lipinski definition) is 3. The maximum atomic E-state index is 12.9. The molecule has 0 heterocycles. The topological polar surface area (TPSA) is 111 Å². The molecular formula is C23H32N2O6S2. The number of ether oxygens (including phenoxy) is 1. The largest absolute Gasteiger partial charge is 0.449 e. The number of hydrogen-bond acceptors (Lipinski definition) is 8. The first-order valence-corrected chi connectivity index (χ1v) is 13.7. The van der Waals surface area contributed by atoms with Gasteiger partial charge in [-0.25, -0.2) is 17.9 Å².